The van der Waals surface area contributed by atoms with Crippen LogP contribution >= 0.6 is 7.92 Å². The molecule has 0 unspecified atom stereocenters. The first-order chi connectivity index (χ1) is 12.7. The molecule has 0 saturated carbocycles. The molecule has 0 atom stereocenters. The number of benzene rings is 2. The number of halogens is 8. The molecule has 3 aromatic rings. The summed E-state index contributed by atoms with van der Waals surface area (Å²) in [5.74, 6) is -15.3. The Balaban J connectivity index is 2.42. The second kappa shape index (κ2) is 7.23. The van der Waals surface area contributed by atoms with Gasteiger partial charge in [0.1, 0.15) is 11.6 Å². The molecule has 0 amide bonds. The topological polar surface area (TPSA) is 12.9 Å². The Morgan fingerprint density at radius 3 is 1.48 bits per heavy atom. The lowest BCUT2D eigenvalue weighted by molar-refractivity contribution is 0.439. The summed E-state index contributed by atoms with van der Waals surface area (Å²) in [5, 5.41) is -2.49. The van der Waals surface area contributed by atoms with Crippen LogP contribution in [-0.4, -0.2) is 4.98 Å². The van der Waals surface area contributed by atoms with Gasteiger partial charge in [0.05, 0.1) is 16.0 Å². The smallest absolute Gasteiger partial charge is 0.195 e. The highest BCUT2D eigenvalue weighted by Crippen LogP contribution is 2.37. The molecule has 0 radical (unpaired) electrons. The summed E-state index contributed by atoms with van der Waals surface area (Å²) in [6, 6.07) is 3.74. The highest BCUT2D eigenvalue weighted by atomic mass is 31.1. The lowest BCUT2D eigenvalue weighted by Crippen LogP contribution is -2.32. The summed E-state index contributed by atoms with van der Waals surface area (Å²) in [6.45, 7) is 0. The predicted octanol–water partition coefficient (Wildman–Crippen LogP) is 3.95. The first-order valence-electron chi connectivity index (χ1n) is 7.11. The lowest BCUT2D eigenvalue weighted by Gasteiger charge is -2.21. The van der Waals surface area contributed by atoms with Crippen molar-refractivity contribution in [3.8, 4) is 0 Å². The Morgan fingerprint density at radius 1 is 0.593 bits per heavy atom. The van der Waals surface area contributed by atoms with Crippen molar-refractivity contribution in [3.05, 3.63) is 83.1 Å². The Morgan fingerprint density at radius 2 is 1.07 bits per heavy atom. The molecule has 0 aliphatic carbocycles. The summed E-state index contributed by atoms with van der Waals surface area (Å²) in [6.07, 6.45) is 1.11. The lowest BCUT2D eigenvalue weighted by atomic mass is 10.3. The molecule has 0 aliphatic rings. The maximum absolute atomic E-state index is 14.3. The number of pyridine rings is 1. The molecule has 1 aromatic heterocycles. The Bertz CT molecular complexity index is 962. The zero-order valence-electron chi connectivity index (χ0n) is 12.9. The fourth-order valence-electron chi connectivity index (χ4n) is 2.35. The number of nitrogens with zero attached hydrogens (tertiary/aromatic N) is 1. The zero-order chi connectivity index (χ0) is 19.9. The number of aromatic nitrogens is 1. The molecule has 27 heavy (non-hydrogen) atoms. The minimum absolute atomic E-state index is 0.0122. The van der Waals surface area contributed by atoms with Gasteiger partial charge in [-0.2, -0.15) is 0 Å². The second-order valence-electron chi connectivity index (χ2n) is 5.16. The van der Waals surface area contributed by atoms with Gasteiger partial charge < -0.3 is 0 Å². The first kappa shape index (κ1) is 19.2. The fourth-order valence-corrected chi connectivity index (χ4v) is 4.59. The van der Waals surface area contributed by atoms with Crippen LogP contribution < -0.4 is 16.0 Å². The van der Waals surface area contributed by atoms with Crippen molar-refractivity contribution < 1.29 is 35.1 Å². The third-order valence-electron chi connectivity index (χ3n) is 3.51. The van der Waals surface area contributed by atoms with E-state index >= 15 is 0 Å². The third-order valence-corrected chi connectivity index (χ3v) is 5.94. The van der Waals surface area contributed by atoms with Crippen molar-refractivity contribution >= 4 is 24.0 Å². The van der Waals surface area contributed by atoms with Crippen LogP contribution in [0.5, 0.6) is 0 Å². The van der Waals surface area contributed by atoms with Crippen LogP contribution in [0.4, 0.5) is 35.1 Å². The summed E-state index contributed by atoms with van der Waals surface area (Å²) >= 11 is 0. The van der Waals surface area contributed by atoms with Gasteiger partial charge in [-0.15, -0.1) is 0 Å². The van der Waals surface area contributed by atoms with E-state index in [9.17, 15) is 35.1 Å². The molecule has 2 aromatic carbocycles. The molecule has 10 heteroatoms. The van der Waals surface area contributed by atoms with Gasteiger partial charge in [0, 0.05) is 26.3 Å². The summed E-state index contributed by atoms with van der Waals surface area (Å²) < 4.78 is 111. The number of hydrogen-bond acceptors (Lipinski definition) is 1. The van der Waals surface area contributed by atoms with E-state index in [0.29, 0.717) is 0 Å². The molecule has 0 N–H and O–H groups in total. The number of hydrogen-bond donors (Lipinski definition) is 0. The van der Waals surface area contributed by atoms with Crippen LogP contribution in [0.25, 0.3) is 0 Å². The van der Waals surface area contributed by atoms with Gasteiger partial charge in [0.25, 0.3) is 0 Å². The summed E-state index contributed by atoms with van der Waals surface area (Å²) in [5.41, 5.74) is -0.347. The van der Waals surface area contributed by atoms with Crippen molar-refractivity contribution in [1.29, 1.82) is 0 Å². The van der Waals surface area contributed by atoms with Crippen LogP contribution in [0.1, 0.15) is 0 Å². The van der Waals surface area contributed by atoms with Crippen molar-refractivity contribution in [2.24, 2.45) is 0 Å². The van der Waals surface area contributed by atoms with Crippen molar-refractivity contribution in [1.82, 2.24) is 4.98 Å². The van der Waals surface area contributed by atoms with E-state index in [4.69, 9.17) is 0 Å². The molecule has 0 spiro atoms. The molecule has 1 nitrogen and oxygen atoms in total. The fraction of sp³-hybridized carbons (Fsp3) is 0. The SMILES string of the molecule is Fc1cc(F)c(P(c2ccccn2)c2c(F)cc(F)c(F)c2F)c(F)c1F. The molecule has 0 aliphatic heterocycles. The molecular weight excluding hydrogens is 401 g/mol. The van der Waals surface area contributed by atoms with Gasteiger partial charge in [-0.05, 0) is 12.1 Å². The van der Waals surface area contributed by atoms with E-state index in [1.54, 1.807) is 0 Å². The van der Waals surface area contributed by atoms with Crippen LogP contribution in [0.3, 0.4) is 0 Å². The van der Waals surface area contributed by atoms with E-state index in [-0.39, 0.29) is 17.6 Å². The largest absolute Gasteiger partial charge is 0.256 e. The van der Waals surface area contributed by atoms with Crippen molar-refractivity contribution in [3.63, 3.8) is 0 Å². The second-order valence-corrected chi connectivity index (χ2v) is 7.18. The molecular formula is C17H6F8NP. The quantitative estimate of drug-likeness (QED) is 0.277. The van der Waals surface area contributed by atoms with Gasteiger partial charge in [0.2, 0.25) is 0 Å². The van der Waals surface area contributed by atoms with Gasteiger partial charge in [0.15, 0.2) is 34.9 Å². The normalized spacial score (nSPS) is 11.3. The Hall–Kier alpha value is -2.54. The Kier molecular flexibility index (Phi) is 5.15. The highest BCUT2D eigenvalue weighted by Gasteiger charge is 2.34. The molecule has 0 saturated heterocycles. The molecule has 3 rings (SSSR count). The number of rotatable bonds is 3. The van der Waals surface area contributed by atoms with E-state index in [2.05, 4.69) is 4.98 Å². The molecule has 1 heterocycles. The average Bonchev–Trinajstić information content (AvgIpc) is 2.64. The zero-order valence-corrected chi connectivity index (χ0v) is 13.8. The molecule has 140 valence electrons. The van der Waals surface area contributed by atoms with Gasteiger partial charge in [-0.1, -0.05) is 6.07 Å². The van der Waals surface area contributed by atoms with Crippen molar-refractivity contribution in [2.45, 2.75) is 0 Å². The standard InChI is InChI=1S/C17H6F8NP/c18-7-5-9(20)16(14(24)12(7)22)27(11-3-1-2-4-26-11)17-10(21)6-8(19)13(23)15(17)25/h1-6H. The van der Waals surface area contributed by atoms with E-state index in [1.165, 1.54) is 12.1 Å². The predicted molar refractivity (Wildman–Crippen MR) is 82.6 cm³/mol. The van der Waals surface area contributed by atoms with E-state index in [0.717, 1.165) is 12.3 Å². The van der Waals surface area contributed by atoms with Crippen LogP contribution in [0.2, 0.25) is 0 Å². The maximum atomic E-state index is 14.3. The van der Waals surface area contributed by atoms with E-state index in [1.807, 2.05) is 0 Å². The third kappa shape index (κ3) is 3.27. The van der Waals surface area contributed by atoms with Crippen LogP contribution in [-0.2, 0) is 0 Å². The molecule has 0 fully saturated rings. The summed E-state index contributed by atoms with van der Waals surface area (Å²) in [7, 11) is -3.01. The summed E-state index contributed by atoms with van der Waals surface area (Å²) in [4.78, 5) is 3.73. The molecule has 0 bridgehead atoms. The minimum Gasteiger partial charge on any atom is -0.256 e. The van der Waals surface area contributed by atoms with Gasteiger partial charge in [-0.25, -0.2) is 35.1 Å². The monoisotopic (exact) mass is 407 g/mol. The van der Waals surface area contributed by atoms with Crippen LogP contribution in [0, 0.1) is 46.5 Å². The van der Waals surface area contributed by atoms with Gasteiger partial charge in [-0.3, -0.25) is 4.98 Å². The highest BCUT2D eigenvalue weighted by molar-refractivity contribution is 7.79. The van der Waals surface area contributed by atoms with Gasteiger partial charge >= 0.3 is 0 Å². The first-order valence-corrected chi connectivity index (χ1v) is 8.45. The Labute approximate surface area is 148 Å². The average molecular weight is 407 g/mol. The van der Waals surface area contributed by atoms with Crippen molar-refractivity contribution in [2.75, 3.05) is 0 Å². The minimum atomic E-state index is -3.01. The maximum Gasteiger partial charge on any atom is 0.195 e. The van der Waals surface area contributed by atoms with E-state index < -0.39 is 65.1 Å². The van der Waals surface area contributed by atoms with Crippen LogP contribution in [0.15, 0.2) is 36.5 Å².